The number of hydrogen-bond acceptors (Lipinski definition) is 6. The molecule has 1 aliphatic heterocycles. The van der Waals surface area contributed by atoms with Crippen LogP contribution >= 0.6 is 0 Å². The van der Waals surface area contributed by atoms with Gasteiger partial charge in [0.2, 0.25) is 0 Å². The molecule has 8 nitrogen and oxygen atoms in total. The van der Waals surface area contributed by atoms with Crippen molar-refractivity contribution in [1.29, 1.82) is 0 Å². The molecule has 2 heterocycles. The van der Waals surface area contributed by atoms with Crippen LogP contribution in [0.25, 0.3) is 5.76 Å². The number of carbonyl (C=O) groups is 3. The molecule has 0 bridgehead atoms. The lowest BCUT2D eigenvalue weighted by Gasteiger charge is -2.26. The average molecular weight is 458 g/mol. The molecule has 2 aromatic rings. The van der Waals surface area contributed by atoms with Crippen molar-refractivity contribution in [3.63, 3.8) is 0 Å². The van der Waals surface area contributed by atoms with Crippen LogP contribution in [-0.2, 0) is 14.3 Å². The summed E-state index contributed by atoms with van der Waals surface area (Å²) in [6, 6.07) is 4.60. The first kappa shape index (κ1) is 24.2. The molecular weight excluding hydrogens is 429 g/mol. The summed E-state index contributed by atoms with van der Waals surface area (Å²) in [5, 5.41) is 11.3. The number of carbonyl (C=O) groups excluding carboxylic acids is 3. The zero-order valence-corrected chi connectivity index (χ0v) is 19.4. The molecule has 1 amide bonds. The molecule has 1 fully saturated rings. The number of aliphatic hydroxyl groups excluding tert-OH is 1. The van der Waals surface area contributed by atoms with Gasteiger partial charge in [-0.15, -0.1) is 0 Å². The Hall–Kier alpha value is -3.46. The number of H-pyrrole nitrogens is 1. The summed E-state index contributed by atoms with van der Waals surface area (Å²) >= 11 is 0. The van der Waals surface area contributed by atoms with Gasteiger partial charge in [-0.2, -0.15) is 0 Å². The number of benzene rings is 1. The zero-order chi connectivity index (χ0) is 24.4. The molecule has 33 heavy (non-hydrogen) atoms. The number of aliphatic hydroxyl groups is 1. The quantitative estimate of drug-likeness (QED) is 0.287. The lowest BCUT2D eigenvalue weighted by atomic mass is 9.94. The van der Waals surface area contributed by atoms with E-state index in [-0.39, 0.29) is 29.1 Å². The van der Waals surface area contributed by atoms with Gasteiger partial charge in [0.25, 0.3) is 11.7 Å². The normalized spacial score (nSPS) is 17.8. The maximum absolute atomic E-state index is 13.6. The number of amides is 1. The molecule has 0 aliphatic carbocycles. The molecule has 0 unspecified atom stereocenters. The molecule has 1 saturated heterocycles. The van der Waals surface area contributed by atoms with Gasteiger partial charge < -0.3 is 24.6 Å². The third kappa shape index (κ3) is 4.54. The summed E-state index contributed by atoms with van der Waals surface area (Å²) < 4.78 is 18.4. The second-order valence-corrected chi connectivity index (χ2v) is 8.32. The van der Waals surface area contributed by atoms with E-state index in [4.69, 9.17) is 4.74 Å². The van der Waals surface area contributed by atoms with Crippen molar-refractivity contribution in [2.24, 2.45) is 0 Å². The van der Waals surface area contributed by atoms with Gasteiger partial charge >= 0.3 is 5.97 Å². The number of halogens is 1. The van der Waals surface area contributed by atoms with Gasteiger partial charge in [0.1, 0.15) is 17.3 Å². The number of aromatic nitrogens is 1. The fourth-order valence-electron chi connectivity index (χ4n) is 4.21. The highest BCUT2D eigenvalue weighted by Gasteiger charge is 2.46. The second kappa shape index (κ2) is 9.58. The standard InChI is InChI=1S/C24H28FN3O5/c1-13-17(14(2)26-19(13)24(32)33-5)21(29)18-20(15-7-9-16(25)10-8-15)28(23(31)22(18)30)12-6-11-27(3)4/h7-10,20,26,29H,6,11-12H2,1-5H3/t20-/m0/s1. The number of methoxy groups -OCH3 is 1. The number of likely N-dealkylation sites (tertiary alicyclic amines) is 1. The Morgan fingerprint density at radius 1 is 1.21 bits per heavy atom. The number of nitrogens with one attached hydrogen (secondary N) is 1. The van der Waals surface area contributed by atoms with Gasteiger partial charge in [-0.25, -0.2) is 9.18 Å². The van der Waals surface area contributed by atoms with Crippen LogP contribution in [0.1, 0.15) is 45.3 Å². The maximum atomic E-state index is 13.6. The minimum Gasteiger partial charge on any atom is -0.507 e. The summed E-state index contributed by atoms with van der Waals surface area (Å²) in [5.41, 5.74) is 1.65. The fourth-order valence-corrected chi connectivity index (χ4v) is 4.21. The average Bonchev–Trinajstić information content (AvgIpc) is 3.20. The highest BCUT2D eigenvalue weighted by Crippen LogP contribution is 2.41. The predicted octanol–water partition coefficient (Wildman–Crippen LogP) is 2.93. The van der Waals surface area contributed by atoms with Crippen LogP contribution in [-0.4, -0.2) is 71.8 Å². The van der Waals surface area contributed by atoms with Crippen molar-refractivity contribution in [2.75, 3.05) is 34.3 Å². The van der Waals surface area contributed by atoms with Crippen LogP contribution in [0.15, 0.2) is 29.8 Å². The smallest absolute Gasteiger partial charge is 0.354 e. The number of Topliss-reactive ketones (excluding diaryl/α,β-unsaturated/α-hetero) is 1. The molecule has 1 aromatic carbocycles. The van der Waals surface area contributed by atoms with E-state index in [9.17, 15) is 23.9 Å². The molecule has 0 radical (unpaired) electrons. The number of hydrogen-bond donors (Lipinski definition) is 2. The van der Waals surface area contributed by atoms with Crippen molar-refractivity contribution < 1.29 is 28.6 Å². The fraction of sp³-hybridized carbons (Fsp3) is 0.375. The minimum absolute atomic E-state index is 0.0990. The Morgan fingerprint density at radius 2 is 1.85 bits per heavy atom. The molecule has 9 heteroatoms. The van der Waals surface area contributed by atoms with Crippen LogP contribution in [0.3, 0.4) is 0 Å². The van der Waals surface area contributed by atoms with Crippen molar-refractivity contribution in [1.82, 2.24) is 14.8 Å². The van der Waals surface area contributed by atoms with Crippen LogP contribution in [0.2, 0.25) is 0 Å². The molecule has 1 atom stereocenters. The van der Waals surface area contributed by atoms with Gasteiger partial charge in [0.05, 0.1) is 18.7 Å². The first-order valence-corrected chi connectivity index (χ1v) is 10.5. The number of aromatic amines is 1. The second-order valence-electron chi connectivity index (χ2n) is 8.32. The molecule has 176 valence electrons. The third-order valence-electron chi connectivity index (χ3n) is 5.79. The highest BCUT2D eigenvalue weighted by molar-refractivity contribution is 6.46. The van der Waals surface area contributed by atoms with E-state index in [1.807, 2.05) is 19.0 Å². The number of aryl methyl sites for hydroxylation is 1. The van der Waals surface area contributed by atoms with Gasteiger partial charge in [-0.3, -0.25) is 9.59 Å². The molecule has 1 aliphatic rings. The van der Waals surface area contributed by atoms with Gasteiger partial charge in [-0.1, -0.05) is 12.1 Å². The number of nitrogens with zero attached hydrogens (tertiary/aromatic N) is 2. The molecule has 0 saturated carbocycles. The van der Waals surface area contributed by atoms with Crippen molar-refractivity contribution >= 4 is 23.4 Å². The Labute approximate surface area is 191 Å². The Morgan fingerprint density at radius 3 is 2.42 bits per heavy atom. The van der Waals surface area contributed by atoms with Gasteiger partial charge in [0.15, 0.2) is 0 Å². The first-order valence-electron chi connectivity index (χ1n) is 10.5. The number of ether oxygens (including phenoxy) is 1. The Kier molecular flexibility index (Phi) is 7.02. The minimum atomic E-state index is -0.886. The summed E-state index contributed by atoms with van der Waals surface area (Å²) in [4.78, 5) is 44.4. The SMILES string of the molecule is COC(=O)c1[nH]c(C)c(C(O)=C2C(=O)C(=O)N(CCCN(C)C)[C@H]2c2ccc(F)cc2)c1C. The lowest BCUT2D eigenvalue weighted by molar-refractivity contribution is -0.139. The largest absolute Gasteiger partial charge is 0.507 e. The van der Waals surface area contributed by atoms with Crippen LogP contribution in [0.5, 0.6) is 0 Å². The molecule has 2 N–H and O–H groups in total. The molecule has 0 spiro atoms. The number of ketones is 1. The summed E-state index contributed by atoms with van der Waals surface area (Å²) in [5.74, 6) is -3.02. The van der Waals surface area contributed by atoms with Gasteiger partial charge in [-0.05, 0) is 64.2 Å². The number of esters is 1. The van der Waals surface area contributed by atoms with Crippen molar-refractivity contribution in [3.05, 3.63) is 63.7 Å². The first-order chi connectivity index (χ1) is 15.6. The van der Waals surface area contributed by atoms with Crippen LogP contribution < -0.4 is 0 Å². The van der Waals surface area contributed by atoms with E-state index < -0.39 is 29.5 Å². The topological polar surface area (TPSA) is 103 Å². The monoisotopic (exact) mass is 457 g/mol. The van der Waals surface area contributed by atoms with Crippen molar-refractivity contribution in [2.45, 2.75) is 26.3 Å². The van der Waals surface area contributed by atoms with E-state index in [1.54, 1.807) is 13.8 Å². The Balaban J connectivity index is 2.17. The Bertz CT molecular complexity index is 1120. The predicted molar refractivity (Wildman–Crippen MR) is 120 cm³/mol. The third-order valence-corrected chi connectivity index (χ3v) is 5.79. The number of rotatable bonds is 7. The maximum Gasteiger partial charge on any atom is 0.354 e. The van der Waals surface area contributed by atoms with E-state index in [1.165, 1.54) is 36.3 Å². The molecule has 1 aromatic heterocycles. The van der Waals surface area contributed by atoms with Gasteiger partial charge in [0, 0.05) is 17.8 Å². The summed E-state index contributed by atoms with van der Waals surface area (Å²) in [7, 11) is 5.05. The lowest BCUT2D eigenvalue weighted by Crippen LogP contribution is -2.32. The van der Waals surface area contributed by atoms with E-state index in [2.05, 4.69) is 4.98 Å². The molecular formula is C24H28FN3O5. The van der Waals surface area contributed by atoms with Crippen molar-refractivity contribution in [3.8, 4) is 0 Å². The van der Waals surface area contributed by atoms with E-state index in [0.717, 1.165) is 0 Å². The summed E-state index contributed by atoms with van der Waals surface area (Å²) in [6.07, 6.45) is 0.604. The van der Waals surface area contributed by atoms with Crippen LogP contribution in [0, 0.1) is 19.7 Å². The zero-order valence-electron chi connectivity index (χ0n) is 19.4. The molecule has 3 rings (SSSR count). The van der Waals surface area contributed by atoms with E-state index in [0.29, 0.717) is 29.8 Å². The van der Waals surface area contributed by atoms with Crippen LogP contribution in [0.4, 0.5) is 4.39 Å². The summed E-state index contributed by atoms with van der Waals surface area (Å²) in [6.45, 7) is 4.23. The highest BCUT2D eigenvalue weighted by atomic mass is 19.1. The van der Waals surface area contributed by atoms with E-state index >= 15 is 0 Å².